The first-order valence-corrected chi connectivity index (χ1v) is 6.11. The molecule has 0 radical (unpaired) electrons. The number of hydrogen-bond acceptors (Lipinski definition) is 1. The molecule has 0 saturated heterocycles. The van der Waals surface area contributed by atoms with Crippen LogP contribution >= 0.6 is 0 Å². The third-order valence-corrected chi connectivity index (χ3v) is 3.61. The number of rotatable bonds is 0. The summed E-state index contributed by atoms with van der Waals surface area (Å²) in [5, 5.41) is 10.5. The molecule has 0 spiro atoms. The number of hydrogen-bond donors (Lipinski definition) is 1. The molecule has 1 aliphatic carbocycles. The lowest BCUT2D eigenvalue weighted by Crippen LogP contribution is -2.02. The van der Waals surface area contributed by atoms with E-state index in [1.807, 2.05) is 18.2 Å². The minimum absolute atomic E-state index is 0.469. The fraction of sp³-hybridized carbons (Fsp3) is 0.250. The summed E-state index contributed by atoms with van der Waals surface area (Å²) >= 11 is 0. The summed E-state index contributed by atoms with van der Waals surface area (Å²) in [6.45, 7) is 2.07. The van der Waals surface area contributed by atoms with Crippen LogP contribution in [0.25, 0.3) is 0 Å². The molecule has 1 nitrogen and oxygen atoms in total. The van der Waals surface area contributed by atoms with Crippen molar-refractivity contribution in [3.8, 4) is 0 Å². The Bertz CT molecular complexity index is 557. The van der Waals surface area contributed by atoms with E-state index < -0.39 is 6.10 Å². The van der Waals surface area contributed by atoms with Crippen LogP contribution in [0, 0.1) is 6.92 Å². The SMILES string of the molecule is Cc1ccc2c(c1)C(O)c1ccccc1CC2. The number of fused-ring (bicyclic) bond motifs is 2. The highest BCUT2D eigenvalue weighted by Crippen LogP contribution is 2.32. The van der Waals surface area contributed by atoms with Crippen molar-refractivity contribution in [1.29, 1.82) is 0 Å². The first kappa shape index (κ1) is 10.5. The molecule has 0 heterocycles. The van der Waals surface area contributed by atoms with Gasteiger partial charge in [-0.15, -0.1) is 0 Å². The monoisotopic (exact) mass is 224 g/mol. The van der Waals surface area contributed by atoms with Crippen LogP contribution in [0.3, 0.4) is 0 Å². The van der Waals surface area contributed by atoms with E-state index in [9.17, 15) is 5.11 Å². The van der Waals surface area contributed by atoms with Crippen molar-refractivity contribution in [1.82, 2.24) is 0 Å². The lowest BCUT2D eigenvalue weighted by Gasteiger charge is -2.14. The second-order valence-electron chi connectivity index (χ2n) is 4.80. The van der Waals surface area contributed by atoms with Crippen molar-refractivity contribution in [3.63, 3.8) is 0 Å². The topological polar surface area (TPSA) is 20.2 Å². The van der Waals surface area contributed by atoms with Crippen molar-refractivity contribution < 1.29 is 5.11 Å². The highest BCUT2D eigenvalue weighted by atomic mass is 16.3. The van der Waals surface area contributed by atoms with Crippen LogP contribution in [0.15, 0.2) is 42.5 Å². The Morgan fingerprint density at radius 2 is 1.65 bits per heavy atom. The summed E-state index contributed by atoms with van der Waals surface area (Å²) in [5.74, 6) is 0. The van der Waals surface area contributed by atoms with Crippen LogP contribution in [-0.4, -0.2) is 5.11 Å². The lowest BCUT2D eigenvalue weighted by atomic mass is 9.96. The molecule has 1 atom stereocenters. The van der Waals surface area contributed by atoms with Gasteiger partial charge in [0.05, 0.1) is 0 Å². The maximum absolute atomic E-state index is 10.5. The van der Waals surface area contributed by atoms with E-state index in [2.05, 4.69) is 31.2 Å². The second kappa shape index (κ2) is 4.01. The molecule has 1 aliphatic rings. The zero-order chi connectivity index (χ0) is 11.8. The number of aliphatic hydroxyl groups excluding tert-OH is 1. The van der Waals surface area contributed by atoms with E-state index in [4.69, 9.17) is 0 Å². The van der Waals surface area contributed by atoms with Crippen molar-refractivity contribution in [2.75, 3.05) is 0 Å². The number of aliphatic hydroxyl groups is 1. The molecule has 3 rings (SSSR count). The second-order valence-corrected chi connectivity index (χ2v) is 4.80. The normalized spacial score (nSPS) is 18.1. The van der Waals surface area contributed by atoms with Crippen molar-refractivity contribution in [2.24, 2.45) is 0 Å². The molecule has 0 amide bonds. The molecule has 2 aromatic rings. The van der Waals surface area contributed by atoms with Gasteiger partial charge in [0.15, 0.2) is 0 Å². The van der Waals surface area contributed by atoms with E-state index in [0.29, 0.717) is 0 Å². The predicted molar refractivity (Wildman–Crippen MR) is 69.1 cm³/mol. The zero-order valence-electron chi connectivity index (χ0n) is 9.98. The lowest BCUT2D eigenvalue weighted by molar-refractivity contribution is 0.219. The highest BCUT2D eigenvalue weighted by Gasteiger charge is 2.20. The Balaban J connectivity index is 2.18. The van der Waals surface area contributed by atoms with Gasteiger partial charge in [0, 0.05) is 0 Å². The maximum Gasteiger partial charge on any atom is 0.105 e. The molecule has 17 heavy (non-hydrogen) atoms. The first-order valence-electron chi connectivity index (χ1n) is 6.11. The van der Waals surface area contributed by atoms with Crippen LogP contribution in [0.1, 0.15) is 33.9 Å². The summed E-state index contributed by atoms with van der Waals surface area (Å²) < 4.78 is 0. The Morgan fingerprint density at radius 3 is 2.47 bits per heavy atom. The Kier molecular flexibility index (Phi) is 2.49. The smallest absolute Gasteiger partial charge is 0.105 e. The van der Waals surface area contributed by atoms with Gasteiger partial charge in [-0.05, 0) is 42.0 Å². The van der Waals surface area contributed by atoms with Crippen molar-refractivity contribution >= 4 is 0 Å². The molecule has 0 aliphatic heterocycles. The summed E-state index contributed by atoms with van der Waals surface area (Å²) in [6, 6.07) is 14.6. The molecule has 2 aromatic carbocycles. The van der Waals surface area contributed by atoms with Crippen LogP contribution in [-0.2, 0) is 12.8 Å². The fourth-order valence-corrected chi connectivity index (χ4v) is 2.66. The van der Waals surface area contributed by atoms with Gasteiger partial charge in [-0.2, -0.15) is 0 Å². The minimum atomic E-state index is -0.469. The predicted octanol–water partition coefficient (Wildman–Crippen LogP) is 3.18. The third kappa shape index (κ3) is 1.77. The zero-order valence-corrected chi connectivity index (χ0v) is 9.98. The molecule has 1 unspecified atom stereocenters. The summed E-state index contributed by atoms with van der Waals surface area (Å²) in [7, 11) is 0. The molecule has 86 valence electrons. The van der Waals surface area contributed by atoms with Gasteiger partial charge >= 0.3 is 0 Å². The quantitative estimate of drug-likeness (QED) is 0.728. The minimum Gasteiger partial charge on any atom is -0.384 e. The summed E-state index contributed by atoms with van der Waals surface area (Å²) in [6.07, 6.45) is 1.57. The molecular formula is C16H16O. The van der Waals surface area contributed by atoms with Crippen molar-refractivity contribution in [3.05, 3.63) is 70.3 Å². The van der Waals surface area contributed by atoms with Crippen LogP contribution in [0.2, 0.25) is 0 Å². The van der Waals surface area contributed by atoms with Gasteiger partial charge in [-0.1, -0.05) is 48.0 Å². The van der Waals surface area contributed by atoms with E-state index in [1.165, 1.54) is 16.7 Å². The Labute approximate surface area is 102 Å². The standard InChI is InChI=1S/C16H16O/c1-11-6-7-13-9-8-12-4-2-3-5-14(12)16(17)15(13)10-11/h2-7,10,16-17H,8-9H2,1H3. The number of benzene rings is 2. The average Bonchev–Trinajstić information content (AvgIpc) is 2.49. The van der Waals surface area contributed by atoms with Crippen molar-refractivity contribution in [2.45, 2.75) is 25.9 Å². The van der Waals surface area contributed by atoms with E-state index >= 15 is 0 Å². The molecule has 0 bridgehead atoms. The molecule has 0 aromatic heterocycles. The molecule has 1 heteroatoms. The highest BCUT2D eigenvalue weighted by molar-refractivity contribution is 5.44. The molecule has 1 N–H and O–H groups in total. The molecular weight excluding hydrogens is 208 g/mol. The molecule has 0 saturated carbocycles. The third-order valence-electron chi connectivity index (χ3n) is 3.61. The van der Waals surface area contributed by atoms with Gasteiger partial charge in [-0.25, -0.2) is 0 Å². The van der Waals surface area contributed by atoms with E-state index in [0.717, 1.165) is 24.0 Å². The summed E-state index contributed by atoms with van der Waals surface area (Å²) in [4.78, 5) is 0. The van der Waals surface area contributed by atoms with E-state index in [1.54, 1.807) is 0 Å². The van der Waals surface area contributed by atoms with Gasteiger partial charge in [0.25, 0.3) is 0 Å². The van der Waals surface area contributed by atoms with Gasteiger partial charge in [-0.3, -0.25) is 0 Å². The Morgan fingerprint density at radius 1 is 0.941 bits per heavy atom. The number of aryl methyl sites for hydroxylation is 3. The van der Waals surface area contributed by atoms with Gasteiger partial charge in [0.1, 0.15) is 6.10 Å². The van der Waals surface area contributed by atoms with Gasteiger partial charge < -0.3 is 5.11 Å². The molecule has 0 fully saturated rings. The van der Waals surface area contributed by atoms with E-state index in [-0.39, 0.29) is 0 Å². The van der Waals surface area contributed by atoms with Crippen LogP contribution in [0.4, 0.5) is 0 Å². The summed E-state index contributed by atoms with van der Waals surface area (Å²) in [5.41, 5.74) is 5.90. The van der Waals surface area contributed by atoms with Crippen LogP contribution < -0.4 is 0 Å². The first-order chi connectivity index (χ1) is 8.25. The van der Waals surface area contributed by atoms with Gasteiger partial charge in [0.2, 0.25) is 0 Å². The average molecular weight is 224 g/mol. The fourth-order valence-electron chi connectivity index (χ4n) is 2.66. The van der Waals surface area contributed by atoms with Crippen LogP contribution in [0.5, 0.6) is 0 Å². The largest absolute Gasteiger partial charge is 0.384 e. The Hall–Kier alpha value is -1.60. The maximum atomic E-state index is 10.5.